The smallest absolute Gasteiger partial charge is 0.314 e. The van der Waals surface area contributed by atoms with E-state index < -0.39 is 27.5 Å². The molecule has 160 valence electrons. The van der Waals surface area contributed by atoms with Crippen molar-refractivity contribution in [3.63, 3.8) is 0 Å². The van der Waals surface area contributed by atoms with Crippen molar-refractivity contribution >= 4 is 39.1 Å². The van der Waals surface area contributed by atoms with Crippen LogP contribution in [0.5, 0.6) is 0 Å². The number of halogens is 2. The van der Waals surface area contributed by atoms with Crippen molar-refractivity contribution in [2.45, 2.75) is 18.1 Å². The van der Waals surface area contributed by atoms with E-state index in [4.69, 9.17) is 11.6 Å². The number of amides is 2. The number of nitrogens with one attached hydrogen (secondary N) is 2. The molecule has 2 heterocycles. The van der Waals surface area contributed by atoms with Gasteiger partial charge in [-0.25, -0.2) is 17.5 Å². The van der Waals surface area contributed by atoms with Crippen LogP contribution in [-0.4, -0.2) is 30.0 Å². The lowest BCUT2D eigenvalue weighted by Crippen LogP contribution is -2.35. The van der Waals surface area contributed by atoms with Gasteiger partial charge >= 0.3 is 11.8 Å². The Kier molecular flexibility index (Phi) is 5.50. The Morgan fingerprint density at radius 1 is 1.10 bits per heavy atom. The summed E-state index contributed by atoms with van der Waals surface area (Å²) in [6.45, 7) is 0.0204. The Morgan fingerprint density at radius 2 is 1.84 bits per heavy atom. The van der Waals surface area contributed by atoms with Gasteiger partial charge in [-0.2, -0.15) is 5.10 Å². The zero-order valence-electron chi connectivity index (χ0n) is 15.9. The average Bonchev–Trinajstić information content (AvgIpc) is 3.19. The minimum atomic E-state index is -3.38. The van der Waals surface area contributed by atoms with Crippen LogP contribution < -0.4 is 10.6 Å². The van der Waals surface area contributed by atoms with E-state index in [9.17, 15) is 22.4 Å². The maximum absolute atomic E-state index is 13.0. The number of rotatable bonds is 4. The van der Waals surface area contributed by atoms with Gasteiger partial charge in [0.15, 0.2) is 9.84 Å². The van der Waals surface area contributed by atoms with Crippen molar-refractivity contribution in [2.75, 3.05) is 5.32 Å². The van der Waals surface area contributed by atoms with Crippen molar-refractivity contribution in [3.8, 4) is 5.69 Å². The Balaban J connectivity index is 1.57. The second-order valence-corrected chi connectivity index (χ2v) is 9.46. The van der Waals surface area contributed by atoms with Gasteiger partial charge in [-0.05, 0) is 35.9 Å². The molecule has 8 nitrogen and oxygen atoms in total. The Morgan fingerprint density at radius 3 is 2.55 bits per heavy atom. The maximum Gasteiger partial charge on any atom is 0.314 e. The van der Waals surface area contributed by atoms with E-state index >= 15 is 0 Å². The van der Waals surface area contributed by atoms with Gasteiger partial charge in [0.25, 0.3) is 0 Å². The molecule has 1 aromatic heterocycles. The van der Waals surface area contributed by atoms with Crippen LogP contribution in [-0.2, 0) is 37.5 Å². The van der Waals surface area contributed by atoms with Crippen LogP contribution in [0.4, 0.5) is 10.2 Å². The van der Waals surface area contributed by atoms with Crippen LogP contribution in [0, 0.1) is 5.82 Å². The highest BCUT2D eigenvalue weighted by Gasteiger charge is 2.33. The summed E-state index contributed by atoms with van der Waals surface area (Å²) in [4.78, 5) is 24.8. The number of carbonyl (C=O) groups is 2. The van der Waals surface area contributed by atoms with E-state index in [1.54, 1.807) is 24.3 Å². The monoisotopic (exact) mass is 462 g/mol. The molecule has 0 unspecified atom stereocenters. The minimum Gasteiger partial charge on any atom is -0.344 e. The largest absolute Gasteiger partial charge is 0.344 e. The highest BCUT2D eigenvalue weighted by Crippen LogP contribution is 2.33. The Bertz CT molecular complexity index is 1290. The quantitative estimate of drug-likeness (QED) is 0.578. The SMILES string of the molecule is O=C(NCc1ccc(F)cc1)C(=O)Nc1c2c(nn1-c1cccc(Cl)c1)CS(=O)(=O)C2. The number of fused-ring (bicyclic) bond motifs is 1. The predicted octanol–water partition coefficient (Wildman–Crippen LogP) is 2.35. The van der Waals surface area contributed by atoms with Crippen LogP contribution in [0.1, 0.15) is 16.8 Å². The topological polar surface area (TPSA) is 110 Å². The van der Waals surface area contributed by atoms with Gasteiger partial charge in [-0.3, -0.25) is 9.59 Å². The average molecular weight is 463 g/mol. The lowest BCUT2D eigenvalue weighted by atomic mass is 10.2. The molecule has 0 atom stereocenters. The number of benzene rings is 2. The van der Waals surface area contributed by atoms with Gasteiger partial charge in [0, 0.05) is 17.1 Å². The molecule has 0 aliphatic carbocycles. The lowest BCUT2D eigenvalue weighted by molar-refractivity contribution is -0.136. The van der Waals surface area contributed by atoms with Crippen LogP contribution in [0.3, 0.4) is 0 Å². The van der Waals surface area contributed by atoms with Crippen LogP contribution >= 0.6 is 11.6 Å². The summed E-state index contributed by atoms with van der Waals surface area (Å²) < 4.78 is 38.4. The third-order valence-corrected chi connectivity index (χ3v) is 6.32. The molecule has 0 saturated carbocycles. The van der Waals surface area contributed by atoms with Gasteiger partial charge in [-0.1, -0.05) is 29.8 Å². The summed E-state index contributed by atoms with van der Waals surface area (Å²) >= 11 is 6.04. The highest BCUT2D eigenvalue weighted by atomic mass is 35.5. The fourth-order valence-electron chi connectivity index (χ4n) is 3.19. The fraction of sp³-hybridized carbons (Fsp3) is 0.150. The Labute approximate surface area is 181 Å². The summed E-state index contributed by atoms with van der Waals surface area (Å²) in [5.74, 6) is -2.79. The number of aromatic nitrogens is 2. The van der Waals surface area contributed by atoms with Gasteiger partial charge in [0.2, 0.25) is 0 Å². The number of hydrogen-bond acceptors (Lipinski definition) is 5. The maximum atomic E-state index is 13.0. The molecule has 2 N–H and O–H groups in total. The van der Waals surface area contributed by atoms with Crippen LogP contribution in [0.2, 0.25) is 5.02 Å². The van der Waals surface area contributed by atoms with Crippen LogP contribution in [0.15, 0.2) is 48.5 Å². The number of hydrogen-bond donors (Lipinski definition) is 2. The molecule has 31 heavy (non-hydrogen) atoms. The third kappa shape index (κ3) is 4.59. The molecule has 2 aromatic carbocycles. The summed E-state index contributed by atoms with van der Waals surface area (Å²) in [5, 5.41) is 9.65. The second kappa shape index (κ2) is 8.12. The van der Waals surface area contributed by atoms with Gasteiger partial charge in [-0.15, -0.1) is 0 Å². The van der Waals surface area contributed by atoms with E-state index in [-0.39, 0.29) is 23.9 Å². The zero-order valence-corrected chi connectivity index (χ0v) is 17.5. The number of anilines is 1. The fourth-order valence-corrected chi connectivity index (χ4v) is 4.87. The number of carbonyl (C=O) groups excluding carboxylic acids is 2. The number of sulfone groups is 1. The van der Waals surface area contributed by atoms with E-state index in [1.165, 1.54) is 28.9 Å². The van der Waals surface area contributed by atoms with Crippen molar-refractivity contribution < 1.29 is 22.4 Å². The first-order chi connectivity index (χ1) is 14.7. The van der Waals surface area contributed by atoms with Crippen molar-refractivity contribution in [1.82, 2.24) is 15.1 Å². The third-order valence-electron chi connectivity index (χ3n) is 4.64. The molecule has 3 aromatic rings. The molecule has 0 spiro atoms. The van der Waals surface area contributed by atoms with Crippen molar-refractivity contribution in [2.24, 2.45) is 0 Å². The van der Waals surface area contributed by atoms with Gasteiger partial charge in [0.05, 0.1) is 22.9 Å². The first-order valence-corrected chi connectivity index (χ1v) is 11.3. The minimum absolute atomic E-state index is 0.0204. The second-order valence-electron chi connectivity index (χ2n) is 6.96. The van der Waals surface area contributed by atoms with Crippen molar-refractivity contribution in [1.29, 1.82) is 0 Å². The van der Waals surface area contributed by atoms with E-state index in [1.807, 2.05) is 0 Å². The lowest BCUT2D eigenvalue weighted by Gasteiger charge is -2.11. The highest BCUT2D eigenvalue weighted by molar-refractivity contribution is 7.90. The molecule has 0 fully saturated rings. The molecule has 11 heteroatoms. The standard InChI is InChI=1S/C20H16ClFN4O4S/c21-13-2-1-3-15(8-13)26-18(16-10-31(29,30)11-17(16)25-26)24-20(28)19(27)23-9-12-4-6-14(22)7-5-12/h1-8H,9-11H2,(H,23,27)(H,24,28). The molecule has 0 radical (unpaired) electrons. The van der Waals surface area contributed by atoms with Gasteiger partial charge < -0.3 is 10.6 Å². The predicted molar refractivity (Wildman–Crippen MR) is 112 cm³/mol. The molecular weight excluding hydrogens is 447 g/mol. The summed E-state index contributed by atoms with van der Waals surface area (Å²) in [6.07, 6.45) is 0. The normalized spacial score (nSPS) is 14.1. The summed E-state index contributed by atoms with van der Waals surface area (Å²) in [6, 6.07) is 12.1. The first-order valence-electron chi connectivity index (χ1n) is 9.12. The Hall–Kier alpha value is -3.24. The van der Waals surface area contributed by atoms with Crippen LogP contribution in [0.25, 0.3) is 5.69 Å². The number of nitrogens with zero attached hydrogens (tertiary/aromatic N) is 2. The molecule has 0 bridgehead atoms. The van der Waals surface area contributed by atoms with E-state index in [0.29, 0.717) is 27.5 Å². The van der Waals surface area contributed by atoms with Crippen molar-refractivity contribution in [3.05, 3.63) is 76.2 Å². The van der Waals surface area contributed by atoms with E-state index in [0.717, 1.165) is 0 Å². The van der Waals surface area contributed by atoms with Gasteiger partial charge in [0.1, 0.15) is 11.6 Å². The molecule has 2 amide bonds. The molecule has 1 aliphatic heterocycles. The summed E-state index contributed by atoms with van der Waals surface area (Å²) in [5.41, 5.74) is 1.75. The molecule has 1 aliphatic rings. The molecule has 4 rings (SSSR count). The molecule has 0 saturated heterocycles. The summed E-state index contributed by atoms with van der Waals surface area (Å²) in [7, 11) is -3.38. The molecular formula is C20H16ClFN4O4S. The first kappa shape index (κ1) is 21.0. The zero-order chi connectivity index (χ0) is 22.2. The van der Waals surface area contributed by atoms with E-state index in [2.05, 4.69) is 15.7 Å².